The number of hydrogen-bond donors (Lipinski definition) is 1. The van der Waals surface area contributed by atoms with Gasteiger partial charge in [-0.25, -0.2) is 0 Å². The molecule has 2 aromatic carbocycles. The number of rotatable bonds is 9. The summed E-state index contributed by atoms with van der Waals surface area (Å²) >= 11 is 0. The standard InChI is InChI=1S/C23H28N2O4/c1-28-22(26)15-18-14-20(16-29-21-11-9-19(24)10-12-21)25(23(18)27)13-5-8-17-6-3-2-4-7-17/h2-4,6-7,9-12,18,20H,5,8,13-16,24H2,1H3/t18-,20-/m0/s1. The summed E-state index contributed by atoms with van der Waals surface area (Å²) in [4.78, 5) is 26.5. The van der Waals surface area contributed by atoms with Crippen LogP contribution in [0.1, 0.15) is 24.8 Å². The Morgan fingerprint density at radius 2 is 1.86 bits per heavy atom. The first-order valence-corrected chi connectivity index (χ1v) is 9.96. The molecule has 1 aliphatic rings. The van der Waals surface area contributed by atoms with Crippen molar-refractivity contribution in [2.75, 3.05) is 26.0 Å². The zero-order valence-corrected chi connectivity index (χ0v) is 16.8. The minimum absolute atomic E-state index is 0.00867. The van der Waals surface area contributed by atoms with Crippen LogP contribution < -0.4 is 10.5 Å². The molecule has 6 heteroatoms. The number of ether oxygens (including phenoxy) is 2. The van der Waals surface area contributed by atoms with Crippen molar-refractivity contribution < 1.29 is 19.1 Å². The lowest BCUT2D eigenvalue weighted by atomic mass is 10.0. The monoisotopic (exact) mass is 396 g/mol. The lowest BCUT2D eigenvalue weighted by Gasteiger charge is -2.25. The second-order valence-corrected chi connectivity index (χ2v) is 7.37. The number of anilines is 1. The van der Waals surface area contributed by atoms with Gasteiger partial charge in [-0.1, -0.05) is 30.3 Å². The van der Waals surface area contributed by atoms with Crippen molar-refractivity contribution in [1.82, 2.24) is 4.90 Å². The molecule has 0 aliphatic carbocycles. The predicted molar refractivity (Wildman–Crippen MR) is 111 cm³/mol. The van der Waals surface area contributed by atoms with Gasteiger partial charge in [0.25, 0.3) is 0 Å². The van der Waals surface area contributed by atoms with Crippen molar-refractivity contribution in [2.45, 2.75) is 31.7 Å². The summed E-state index contributed by atoms with van der Waals surface area (Å²) in [5.74, 6) is 0.0218. The van der Waals surface area contributed by atoms with Crippen LogP contribution in [0.3, 0.4) is 0 Å². The Balaban J connectivity index is 1.61. The fourth-order valence-electron chi connectivity index (χ4n) is 3.73. The average Bonchev–Trinajstić information content (AvgIpc) is 3.03. The predicted octanol–water partition coefficient (Wildman–Crippen LogP) is 3.06. The van der Waals surface area contributed by atoms with E-state index in [1.165, 1.54) is 12.7 Å². The minimum Gasteiger partial charge on any atom is -0.491 e. The van der Waals surface area contributed by atoms with Gasteiger partial charge in [0, 0.05) is 12.2 Å². The Kier molecular flexibility index (Phi) is 7.11. The minimum atomic E-state index is -0.354. The number of aryl methyl sites for hydroxylation is 1. The quantitative estimate of drug-likeness (QED) is 0.520. The number of carbonyl (C=O) groups is 2. The summed E-state index contributed by atoms with van der Waals surface area (Å²) in [6.07, 6.45) is 2.47. The molecule has 6 nitrogen and oxygen atoms in total. The van der Waals surface area contributed by atoms with E-state index in [0.717, 1.165) is 12.8 Å². The molecule has 2 aromatic rings. The number of nitrogens with two attached hydrogens (primary N) is 1. The Bertz CT molecular complexity index is 807. The van der Waals surface area contributed by atoms with E-state index in [1.807, 2.05) is 35.2 Å². The Morgan fingerprint density at radius 1 is 1.14 bits per heavy atom. The zero-order valence-electron chi connectivity index (χ0n) is 16.8. The molecular weight excluding hydrogens is 368 g/mol. The molecule has 2 atom stereocenters. The van der Waals surface area contributed by atoms with Crippen LogP contribution in [0.2, 0.25) is 0 Å². The third kappa shape index (κ3) is 5.73. The van der Waals surface area contributed by atoms with E-state index in [2.05, 4.69) is 12.1 Å². The summed E-state index contributed by atoms with van der Waals surface area (Å²) in [5.41, 5.74) is 7.64. The maximum absolute atomic E-state index is 12.9. The molecule has 0 aromatic heterocycles. The molecule has 3 rings (SSSR count). The van der Waals surface area contributed by atoms with Gasteiger partial charge in [-0.15, -0.1) is 0 Å². The molecule has 1 heterocycles. The maximum Gasteiger partial charge on any atom is 0.306 e. The van der Waals surface area contributed by atoms with Crippen LogP contribution in [0, 0.1) is 5.92 Å². The Hall–Kier alpha value is -3.02. The van der Waals surface area contributed by atoms with E-state index in [0.29, 0.717) is 31.0 Å². The van der Waals surface area contributed by atoms with Crippen LogP contribution in [0.15, 0.2) is 54.6 Å². The molecule has 0 unspecified atom stereocenters. The van der Waals surface area contributed by atoms with Crippen LogP contribution in [0.25, 0.3) is 0 Å². The van der Waals surface area contributed by atoms with Gasteiger partial charge >= 0.3 is 5.97 Å². The van der Waals surface area contributed by atoms with Gasteiger partial charge in [-0.3, -0.25) is 9.59 Å². The van der Waals surface area contributed by atoms with Crippen molar-refractivity contribution in [2.24, 2.45) is 5.92 Å². The molecule has 1 aliphatic heterocycles. The first-order chi connectivity index (χ1) is 14.1. The summed E-state index contributed by atoms with van der Waals surface area (Å²) in [6, 6.07) is 17.4. The molecule has 29 heavy (non-hydrogen) atoms. The molecule has 2 N–H and O–H groups in total. The average molecular weight is 396 g/mol. The maximum atomic E-state index is 12.9. The molecule has 1 amide bonds. The third-order valence-electron chi connectivity index (χ3n) is 5.30. The van der Waals surface area contributed by atoms with Gasteiger partial charge in [-0.05, 0) is 49.1 Å². The third-order valence-corrected chi connectivity index (χ3v) is 5.30. The number of benzene rings is 2. The fraction of sp³-hybridized carbons (Fsp3) is 0.391. The highest BCUT2D eigenvalue weighted by Gasteiger charge is 2.40. The molecule has 0 radical (unpaired) electrons. The van der Waals surface area contributed by atoms with Crippen molar-refractivity contribution in [1.29, 1.82) is 0 Å². The number of carbonyl (C=O) groups excluding carboxylic acids is 2. The van der Waals surface area contributed by atoms with E-state index in [1.54, 1.807) is 12.1 Å². The Morgan fingerprint density at radius 3 is 2.55 bits per heavy atom. The smallest absolute Gasteiger partial charge is 0.306 e. The fourth-order valence-corrected chi connectivity index (χ4v) is 3.73. The second kappa shape index (κ2) is 9.96. The summed E-state index contributed by atoms with van der Waals surface area (Å²) in [7, 11) is 1.35. The first kappa shape index (κ1) is 20.7. The second-order valence-electron chi connectivity index (χ2n) is 7.37. The number of amides is 1. The number of esters is 1. The van der Waals surface area contributed by atoms with E-state index in [9.17, 15) is 9.59 Å². The van der Waals surface area contributed by atoms with E-state index in [4.69, 9.17) is 15.2 Å². The van der Waals surface area contributed by atoms with Crippen LogP contribution in [-0.2, 0) is 20.7 Å². The highest BCUT2D eigenvalue weighted by molar-refractivity contribution is 5.85. The number of hydrogen-bond acceptors (Lipinski definition) is 5. The van der Waals surface area contributed by atoms with Gasteiger partial charge in [0.05, 0.1) is 25.5 Å². The van der Waals surface area contributed by atoms with Gasteiger partial charge < -0.3 is 20.1 Å². The van der Waals surface area contributed by atoms with Crippen LogP contribution in [0.5, 0.6) is 5.75 Å². The van der Waals surface area contributed by atoms with Crippen molar-refractivity contribution in [3.05, 3.63) is 60.2 Å². The van der Waals surface area contributed by atoms with Crippen molar-refractivity contribution in [3.8, 4) is 5.75 Å². The van der Waals surface area contributed by atoms with Crippen LogP contribution in [-0.4, -0.2) is 43.1 Å². The molecule has 0 bridgehead atoms. The molecule has 0 saturated carbocycles. The highest BCUT2D eigenvalue weighted by atomic mass is 16.5. The van der Waals surface area contributed by atoms with Crippen LogP contribution in [0.4, 0.5) is 5.69 Å². The SMILES string of the molecule is COC(=O)C[C@@H]1C[C@@H](COc2ccc(N)cc2)N(CCCc2ccccc2)C1=O. The largest absolute Gasteiger partial charge is 0.491 e. The number of methoxy groups -OCH3 is 1. The van der Waals surface area contributed by atoms with Gasteiger partial charge in [-0.2, -0.15) is 0 Å². The normalized spacial score (nSPS) is 18.7. The summed E-state index contributed by atoms with van der Waals surface area (Å²) < 4.78 is 10.7. The summed E-state index contributed by atoms with van der Waals surface area (Å²) in [6.45, 7) is 1.03. The molecule has 154 valence electrons. The number of nitrogen functional groups attached to an aromatic ring is 1. The van der Waals surface area contributed by atoms with E-state index < -0.39 is 0 Å². The van der Waals surface area contributed by atoms with E-state index in [-0.39, 0.29) is 30.3 Å². The summed E-state index contributed by atoms with van der Waals surface area (Å²) in [5, 5.41) is 0. The molecule has 1 fully saturated rings. The van der Waals surface area contributed by atoms with Crippen molar-refractivity contribution >= 4 is 17.6 Å². The van der Waals surface area contributed by atoms with Gasteiger partial charge in [0.2, 0.25) is 5.91 Å². The number of likely N-dealkylation sites (tertiary alicyclic amines) is 1. The molecular formula is C23H28N2O4. The number of nitrogens with zero attached hydrogens (tertiary/aromatic N) is 1. The Labute approximate surface area is 171 Å². The lowest BCUT2D eigenvalue weighted by Crippen LogP contribution is -2.38. The molecule has 1 saturated heterocycles. The zero-order chi connectivity index (χ0) is 20.6. The van der Waals surface area contributed by atoms with Gasteiger partial charge in [0.1, 0.15) is 12.4 Å². The lowest BCUT2D eigenvalue weighted by molar-refractivity contribution is -0.144. The van der Waals surface area contributed by atoms with Crippen LogP contribution >= 0.6 is 0 Å². The molecule has 0 spiro atoms. The van der Waals surface area contributed by atoms with Gasteiger partial charge in [0.15, 0.2) is 0 Å². The highest BCUT2D eigenvalue weighted by Crippen LogP contribution is 2.29. The van der Waals surface area contributed by atoms with Crippen molar-refractivity contribution in [3.63, 3.8) is 0 Å². The van der Waals surface area contributed by atoms with E-state index >= 15 is 0 Å². The first-order valence-electron chi connectivity index (χ1n) is 9.96. The topological polar surface area (TPSA) is 81.9 Å².